The standard InChI is InChI=1S/C16H22N4O3S.HI/c1-4-17-16(19-11-14-7-8-23-20-14)18-10-13-5-6-15(12(2)9-13)24(3,21)22;/h5-9H,4,10-11H2,1-3H3,(H2,17,18,19);1H. The average molecular weight is 478 g/mol. The summed E-state index contributed by atoms with van der Waals surface area (Å²) < 4.78 is 28.1. The van der Waals surface area contributed by atoms with E-state index >= 15 is 0 Å². The lowest BCUT2D eigenvalue weighted by atomic mass is 10.1. The van der Waals surface area contributed by atoms with Crippen molar-refractivity contribution in [1.29, 1.82) is 0 Å². The van der Waals surface area contributed by atoms with Crippen LogP contribution in [-0.4, -0.2) is 32.3 Å². The van der Waals surface area contributed by atoms with Crippen molar-refractivity contribution in [3.8, 4) is 0 Å². The van der Waals surface area contributed by atoms with Crippen LogP contribution in [0.4, 0.5) is 0 Å². The summed E-state index contributed by atoms with van der Waals surface area (Å²) in [6, 6.07) is 7.05. The average Bonchev–Trinajstić information content (AvgIpc) is 3.02. The number of hydrogen-bond donors (Lipinski definition) is 2. The molecule has 7 nitrogen and oxygen atoms in total. The SMILES string of the molecule is CCNC(=NCc1ccc(S(C)(=O)=O)c(C)c1)NCc1ccon1.I. The molecule has 25 heavy (non-hydrogen) atoms. The van der Waals surface area contributed by atoms with Crippen LogP contribution in [0.1, 0.15) is 23.7 Å². The molecular formula is C16H23IN4O3S. The lowest BCUT2D eigenvalue weighted by molar-refractivity contribution is 0.410. The second-order valence-electron chi connectivity index (χ2n) is 5.41. The van der Waals surface area contributed by atoms with Crippen LogP contribution in [0.5, 0.6) is 0 Å². The number of nitrogens with zero attached hydrogens (tertiary/aromatic N) is 2. The molecule has 138 valence electrons. The van der Waals surface area contributed by atoms with Crippen molar-refractivity contribution in [2.24, 2.45) is 4.99 Å². The topological polar surface area (TPSA) is 96.6 Å². The van der Waals surface area contributed by atoms with Crippen LogP contribution in [0.3, 0.4) is 0 Å². The Hall–Kier alpha value is -1.62. The van der Waals surface area contributed by atoms with Crippen LogP contribution in [0.25, 0.3) is 0 Å². The molecule has 0 aliphatic carbocycles. The van der Waals surface area contributed by atoms with Gasteiger partial charge in [0.1, 0.15) is 12.0 Å². The van der Waals surface area contributed by atoms with E-state index < -0.39 is 9.84 Å². The maximum Gasteiger partial charge on any atom is 0.191 e. The van der Waals surface area contributed by atoms with Gasteiger partial charge in [-0.25, -0.2) is 13.4 Å². The molecule has 0 saturated carbocycles. The number of hydrogen-bond acceptors (Lipinski definition) is 5. The van der Waals surface area contributed by atoms with Gasteiger partial charge < -0.3 is 15.2 Å². The number of guanidine groups is 1. The third-order valence-corrected chi connectivity index (χ3v) is 4.59. The van der Waals surface area contributed by atoms with E-state index in [4.69, 9.17) is 4.52 Å². The van der Waals surface area contributed by atoms with Gasteiger partial charge in [-0.05, 0) is 31.0 Å². The number of nitrogens with one attached hydrogen (secondary N) is 2. The fourth-order valence-corrected chi connectivity index (χ4v) is 3.20. The summed E-state index contributed by atoms with van der Waals surface area (Å²) in [5, 5.41) is 10.1. The Morgan fingerprint density at radius 2 is 2.04 bits per heavy atom. The monoisotopic (exact) mass is 478 g/mol. The number of halogens is 1. The number of aromatic nitrogens is 1. The molecule has 0 unspecified atom stereocenters. The highest BCUT2D eigenvalue weighted by Crippen LogP contribution is 2.17. The van der Waals surface area contributed by atoms with E-state index in [1.165, 1.54) is 12.5 Å². The van der Waals surface area contributed by atoms with Gasteiger partial charge in [0, 0.05) is 18.9 Å². The normalized spacial score (nSPS) is 11.7. The van der Waals surface area contributed by atoms with Crippen LogP contribution in [0.15, 0.2) is 44.9 Å². The maximum absolute atomic E-state index is 11.7. The highest BCUT2D eigenvalue weighted by atomic mass is 127. The Morgan fingerprint density at radius 3 is 2.60 bits per heavy atom. The van der Waals surface area contributed by atoms with Crippen molar-refractivity contribution < 1.29 is 12.9 Å². The van der Waals surface area contributed by atoms with Crippen molar-refractivity contribution in [3.63, 3.8) is 0 Å². The summed E-state index contributed by atoms with van der Waals surface area (Å²) in [7, 11) is -3.20. The Bertz CT molecular complexity index is 805. The molecule has 0 atom stereocenters. The highest BCUT2D eigenvalue weighted by molar-refractivity contribution is 14.0. The van der Waals surface area contributed by atoms with Gasteiger partial charge in [-0.15, -0.1) is 24.0 Å². The first kappa shape index (κ1) is 21.4. The molecule has 1 heterocycles. The first-order valence-corrected chi connectivity index (χ1v) is 9.50. The summed E-state index contributed by atoms with van der Waals surface area (Å²) in [5.74, 6) is 0.658. The molecule has 0 radical (unpaired) electrons. The van der Waals surface area contributed by atoms with Crippen LogP contribution in [0, 0.1) is 6.92 Å². The number of aryl methyl sites for hydroxylation is 1. The molecule has 2 rings (SSSR count). The predicted octanol–water partition coefficient (Wildman–Crippen LogP) is 2.26. The zero-order chi connectivity index (χ0) is 17.6. The molecule has 0 aliphatic rings. The first-order chi connectivity index (χ1) is 11.4. The summed E-state index contributed by atoms with van der Waals surface area (Å²) in [6.07, 6.45) is 2.73. The van der Waals surface area contributed by atoms with E-state index in [1.54, 1.807) is 25.1 Å². The molecule has 0 fully saturated rings. The number of benzene rings is 1. The summed E-state index contributed by atoms with van der Waals surface area (Å²) in [6.45, 7) is 5.46. The largest absolute Gasteiger partial charge is 0.364 e. The Balaban J connectivity index is 0.00000312. The molecule has 2 aromatic rings. The van der Waals surface area contributed by atoms with Gasteiger partial charge in [0.05, 0.1) is 18.0 Å². The lowest BCUT2D eigenvalue weighted by Crippen LogP contribution is -2.36. The van der Waals surface area contributed by atoms with E-state index in [2.05, 4.69) is 20.8 Å². The molecule has 0 spiro atoms. The third kappa shape index (κ3) is 6.65. The van der Waals surface area contributed by atoms with E-state index in [1.807, 2.05) is 13.0 Å². The molecule has 9 heteroatoms. The van der Waals surface area contributed by atoms with Crippen LogP contribution in [-0.2, 0) is 22.9 Å². The van der Waals surface area contributed by atoms with Crippen molar-refractivity contribution in [2.45, 2.75) is 31.8 Å². The van der Waals surface area contributed by atoms with Gasteiger partial charge in [-0.2, -0.15) is 0 Å². The van der Waals surface area contributed by atoms with E-state index in [0.717, 1.165) is 23.4 Å². The van der Waals surface area contributed by atoms with Crippen molar-refractivity contribution in [3.05, 3.63) is 47.3 Å². The zero-order valence-corrected chi connectivity index (χ0v) is 17.6. The maximum atomic E-state index is 11.7. The molecule has 0 amide bonds. The minimum atomic E-state index is -3.20. The summed E-state index contributed by atoms with van der Waals surface area (Å²) in [5.41, 5.74) is 2.46. The number of rotatable bonds is 6. The summed E-state index contributed by atoms with van der Waals surface area (Å²) in [4.78, 5) is 4.86. The van der Waals surface area contributed by atoms with Crippen molar-refractivity contribution >= 4 is 39.8 Å². The minimum absolute atomic E-state index is 0. The molecule has 0 bridgehead atoms. The van der Waals surface area contributed by atoms with Gasteiger partial charge >= 0.3 is 0 Å². The highest BCUT2D eigenvalue weighted by Gasteiger charge is 2.10. The minimum Gasteiger partial charge on any atom is -0.364 e. The van der Waals surface area contributed by atoms with Crippen molar-refractivity contribution in [1.82, 2.24) is 15.8 Å². The van der Waals surface area contributed by atoms with Gasteiger partial charge in [0.2, 0.25) is 0 Å². The Labute approximate surface area is 165 Å². The molecule has 1 aromatic carbocycles. The van der Waals surface area contributed by atoms with E-state index in [9.17, 15) is 8.42 Å². The van der Waals surface area contributed by atoms with E-state index in [-0.39, 0.29) is 24.0 Å². The molecule has 0 saturated heterocycles. The fourth-order valence-electron chi connectivity index (χ4n) is 2.24. The smallest absolute Gasteiger partial charge is 0.191 e. The van der Waals surface area contributed by atoms with Gasteiger partial charge in [-0.3, -0.25) is 0 Å². The predicted molar refractivity (Wildman–Crippen MR) is 108 cm³/mol. The molecular weight excluding hydrogens is 455 g/mol. The number of sulfone groups is 1. The first-order valence-electron chi connectivity index (χ1n) is 7.61. The molecule has 2 N–H and O–H groups in total. The van der Waals surface area contributed by atoms with Crippen LogP contribution >= 0.6 is 24.0 Å². The third-order valence-electron chi connectivity index (χ3n) is 3.33. The van der Waals surface area contributed by atoms with Crippen LogP contribution in [0.2, 0.25) is 0 Å². The Morgan fingerprint density at radius 1 is 1.28 bits per heavy atom. The second-order valence-corrected chi connectivity index (χ2v) is 7.40. The fraction of sp³-hybridized carbons (Fsp3) is 0.375. The van der Waals surface area contributed by atoms with Crippen molar-refractivity contribution in [2.75, 3.05) is 12.8 Å². The second kappa shape index (κ2) is 9.76. The van der Waals surface area contributed by atoms with Gasteiger partial charge in [-0.1, -0.05) is 17.3 Å². The van der Waals surface area contributed by atoms with Gasteiger partial charge in [0.25, 0.3) is 0 Å². The number of aliphatic imine (C=N–C) groups is 1. The zero-order valence-electron chi connectivity index (χ0n) is 14.4. The van der Waals surface area contributed by atoms with E-state index in [0.29, 0.717) is 23.9 Å². The quantitative estimate of drug-likeness (QED) is 0.376. The Kier molecular flexibility index (Phi) is 8.36. The molecule has 1 aromatic heterocycles. The summed E-state index contributed by atoms with van der Waals surface area (Å²) >= 11 is 0. The molecule has 0 aliphatic heterocycles. The van der Waals surface area contributed by atoms with Crippen LogP contribution < -0.4 is 10.6 Å². The van der Waals surface area contributed by atoms with Gasteiger partial charge in [0.15, 0.2) is 15.8 Å². The lowest BCUT2D eigenvalue weighted by Gasteiger charge is -2.10.